The second-order valence-electron chi connectivity index (χ2n) is 4.82. The number of hydrogen-bond donors (Lipinski definition) is 1. The van der Waals surface area contributed by atoms with Crippen LogP contribution in [0, 0.1) is 11.3 Å². The molecule has 5 heteroatoms. The number of allylic oxidation sites excluding steroid dienone is 1. The number of thioether (sulfide) groups is 1. The summed E-state index contributed by atoms with van der Waals surface area (Å²) in [6.45, 7) is 0. The fourth-order valence-electron chi connectivity index (χ4n) is 2.28. The molecule has 1 aliphatic rings. The molecule has 0 aliphatic carbocycles. The molecule has 2 aromatic rings. The lowest BCUT2D eigenvalue weighted by Gasteiger charge is -2.21. The second kappa shape index (κ2) is 6.42. The van der Waals surface area contributed by atoms with Crippen LogP contribution in [0.15, 0.2) is 82.5 Å². The summed E-state index contributed by atoms with van der Waals surface area (Å²) in [7, 11) is 0. The van der Waals surface area contributed by atoms with Gasteiger partial charge in [0.25, 0.3) is 0 Å². The number of anilines is 1. The summed E-state index contributed by atoms with van der Waals surface area (Å²) in [5, 5.41) is 11.8. The van der Waals surface area contributed by atoms with Crippen molar-refractivity contribution < 1.29 is 4.79 Å². The molecule has 4 nitrogen and oxygen atoms in total. The minimum absolute atomic E-state index is 0.0850. The number of benzene rings is 2. The van der Waals surface area contributed by atoms with Crippen molar-refractivity contribution in [2.75, 3.05) is 4.90 Å². The monoisotopic (exact) mass is 319 g/mol. The second-order valence-corrected chi connectivity index (χ2v) is 5.68. The first-order valence-corrected chi connectivity index (χ1v) is 7.82. The van der Waals surface area contributed by atoms with Gasteiger partial charge in [0.1, 0.15) is 22.5 Å². The Balaban J connectivity index is 2.08. The number of nitrogens with two attached hydrogens (primary N) is 1. The molecule has 3 rings (SSSR count). The number of rotatable bonds is 3. The zero-order valence-electron chi connectivity index (χ0n) is 12.1. The van der Waals surface area contributed by atoms with Gasteiger partial charge in [-0.2, -0.15) is 5.26 Å². The lowest BCUT2D eigenvalue weighted by molar-refractivity contribution is 0.103. The first kappa shape index (κ1) is 14.9. The number of Topliss-reactive ketones (excluding diaryl/α,β-unsaturated/α-hetero) is 1. The summed E-state index contributed by atoms with van der Waals surface area (Å²) in [6.07, 6.45) is 0. The highest BCUT2D eigenvalue weighted by atomic mass is 32.2. The minimum atomic E-state index is -0.306. The first-order chi connectivity index (χ1) is 11.2. The first-order valence-electron chi connectivity index (χ1n) is 6.94. The molecule has 2 N–H and O–H groups in total. The van der Waals surface area contributed by atoms with Crippen molar-refractivity contribution in [3.05, 3.63) is 88.1 Å². The molecule has 0 aromatic heterocycles. The number of nitriles is 1. The van der Waals surface area contributed by atoms with E-state index >= 15 is 0 Å². The molecule has 112 valence electrons. The van der Waals surface area contributed by atoms with Gasteiger partial charge in [0, 0.05) is 16.7 Å². The number of hydrogen-bond acceptors (Lipinski definition) is 5. The van der Waals surface area contributed by atoms with Gasteiger partial charge >= 0.3 is 0 Å². The van der Waals surface area contributed by atoms with Crippen LogP contribution in [0.3, 0.4) is 0 Å². The third kappa shape index (κ3) is 2.85. The van der Waals surface area contributed by atoms with Crippen LogP contribution >= 0.6 is 11.8 Å². The highest BCUT2D eigenvalue weighted by Gasteiger charge is 2.28. The van der Waals surface area contributed by atoms with Crippen LogP contribution in [0.4, 0.5) is 5.69 Å². The fraction of sp³-hybridized carbons (Fsp3) is 0. The molecule has 0 fully saturated rings. The number of carbonyl (C=O) groups is 1. The summed E-state index contributed by atoms with van der Waals surface area (Å²) < 4.78 is 0. The molecule has 0 unspecified atom stereocenters. The Labute approximate surface area is 138 Å². The lowest BCUT2D eigenvalue weighted by atomic mass is 10.1. The SMILES string of the molecule is N#CC(C(=O)c1ccccc1)=C1SC=C(N)N1c1ccccc1. The summed E-state index contributed by atoms with van der Waals surface area (Å²) in [5.74, 6) is 0.185. The van der Waals surface area contributed by atoms with Crippen LogP contribution in [0.25, 0.3) is 0 Å². The molecule has 0 spiro atoms. The van der Waals surface area contributed by atoms with E-state index in [0.29, 0.717) is 16.4 Å². The zero-order valence-corrected chi connectivity index (χ0v) is 13.0. The van der Waals surface area contributed by atoms with Crippen molar-refractivity contribution in [2.45, 2.75) is 0 Å². The third-order valence-corrected chi connectivity index (χ3v) is 4.32. The Kier molecular flexibility index (Phi) is 4.18. The van der Waals surface area contributed by atoms with E-state index in [-0.39, 0.29) is 11.4 Å². The Morgan fingerprint density at radius 1 is 1.04 bits per heavy atom. The van der Waals surface area contributed by atoms with E-state index in [9.17, 15) is 10.1 Å². The minimum Gasteiger partial charge on any atom is -0.384 e. The molecule has 1 heterocycles. The molecular formula is C18H13N3OS. The highest BCUT2D eigenvalue weighted by Crippen LogP contribution is 2.39. The van der Waals surface area contributed by atoms with E-state index in [0.717, 1.165) is 5.69 Å². The number of ketones is 1. The smallest absolute Gasteiger partial charge is 0.206 e. The van der Waals surface area contributed by atoms with Crippen molar-refractivity contribution in [1.82, 2.24) is 0 Å². The molecular weight excluding hydrogens is 306 g/mol. The van der Waals surface area contributed by atoms with Crippen LogP contribution in [0.5, 0.6) is 0 Å². The number of carbonyl (C=O) groups excluding carboxylic acids is 1. The topological polar surface area (TPSA) is 70.1 Å². The van der Waals surface area contributed by atoms with Crippen molar-refractivity contribution in [2.24, 2.45) is 5.73 Å². The Bertz CT molecular complexity index is 836. The highest BCUT2D eigenvalue weighted by molar-refractivity contribution is 8.06. The maximum Gasteiger partial charge on any atom is 0.206 e. The van der Waals surface area contributed by atoms with Gasteiger partial charge in [0.2, 0.25) is 5.78 Å². The Hall–Kier alpha value is -2.97. The molecule has 1 aliphatic heterocycles. The van der Waals surface area contributed by atoms with E-state index in [1.165, 1.54) is 11.8 Å². The van der Waals surface area contributed by atoms with Gasteiger partial charge < -0.3 is 5.73 Å². The van der Waals surface area contributed by atoms with E-state index in [4.69, 9.17) is 5.73 Å². The largest absolute Gasteiger partial charge is 0.384 e. The van der Waals surface area contributed by atoms with Crippen molar-refractivity contribution >= 4 is 23.2 Å². The quantitative estimate of drug-likeness (QED) is 0.531. The van der Waals surface area contributed by atoms with Crippen LogP contribution in [-0.4, -0.2) is 5.78 Å². The van der Waals surface area contributed by atoms with Crippen LogP contribution in [0.1, 0.15) is 10.4 Å². The molecule has 0 radical (unpaired) electrons. The van der Waals surface area contributed by atoms with Crippen molar-refractivity contribution in [1.29, 1.82) is 5.26 Å². The molecule has 0 bridgehead atoms. The van der Waals surface area contributed by atoms with Gasteiger partial charge in [0.15, 0.2) is 0 Å². The lowest BCUT2D eigenvalue weighted by Crippen LogP contribution is -2.24. The van der Waals surface area contributed by atoms with Gasteiger partial charge in [-0.3, -0.25) is 9.69 Å². The maximum absolute atomic E-state index is 12.7. The number of para-hydroxylation sites is 1. The molecule has 0 amide bonds. The zero-order chi connectivity index (χ0) is 16.2. The average molecular weight is 319 g/mol. The summed E-state index contributed by atoms with van der Waals surface area (Å²) >= 11 is 1.28. The van der Waals surface area contributed by atoms with Gasteiger partial charge in [-0.25, -0.2) is 0 Å². The van der Waals surface area contributed by atoms with E-state index in [1.54, 1.807) is 34.6 Å². The standard InChI is InChI=1S/C18H13N3OS/c19-11-15(17(22)13-7-3-1-4-8-13)18-21(16(20)12-23-18)14-9-5-2-6-10-14/h1-10,12H,20H2. The van der Waals surface area contributed by atoms with Crippen LogP contribution in [0.2, 0.25) is 0 Å². The fourth-order valence-corrected chi connectivity index (χ4v) is 3.19. The molecule has 2 aromatic carbocycles. The van der Waals surface area contributed by atoms with Crippen LogP contribution < -0.4 is 10.6 Å². The molecule has 23 heavy (non-hydrogen) atoms. The van der Waals surface area contributed by atoms with Gasteiger partial charge in [-0.05, 0) is 12.1 Å². The van der Waals surface area contributed by atoms with E-state index < -0.39 is 0 Å². The Morgan fingerprint density at radius 3 is 2.26 bits per heavy atom. The predicted octanol–water partition coefficient (Wildman–Crippen LogP) is 3.62. The molecule has 0 saturated heterocycles. The Morgan fingerprint density at radius 2 is 1.65 bits per heavy atom. The van der Waals surface area contributed by atoms with Crippen molar-refractivity contribution in [3.63, 3.8) is 0 Å². The maximum atomic E-state index is 12.7. The van der Waals surface area contributed by atoms with E-state index in [2.05, 4.69) is 0 Å². The summed E-state index contributed by atoms with van der Waals surface area (Å²) in [4.78, 5) is 14.4. The van der Waals surface area contributed by atoms with Gasteiger partial charge in [-0.15, -0.1) is 0 Å². The van der Waals surface area contributed by atoms with E-state index in [1.807, 2.05) is 42.5 Å². The summed E-state index contributed by atoms with van der Waals surface area (Å²) in [6, 6.07) is 20.2. The predicted molar refractivity (Wildman–Crippen MR) is 92.2 cm³/mol. The normalized spacial score (nSPS) is 15.8. The molecule has 0 atom stereocenters. The number of nitrogens with zero attached hydrogens (tertiary/aromatic N) is 2. The van der Waals surface area contributed by atoms with Gasteiger partial charge in [-0.1, -0.05) is 60.3 Å². The van der Waals surface area contributed by atoms with Crippen LogP contribution in [-0.2, 0) is 0 Å². The summed E-state index contributed by atoms with van der Waals surface area (Å²) in [5.41, 5.74) is 7.43. The molecule has 0 saturated carbocycles. The van der Waals surface area contributed by atoms with Gasteiger partial charge in [0.05, 0.1) is 0 Å². The van der Waals surface area contributed by atoms with Crippen molar-refractivity contribution in [3.8, 4) is 6.07 Å². The average Bonchev–Trinajstić information content (AvgIpc) is 2.98. The third-order valence-electron chi connectivity index (χ3n) is 3.36.